The Morgan fingerprint density at radius 1 is 1.67 bits per heavy atom. The second-order valence-corrected chi connectivity index (χ2v) is 1.72. The summed E-state index contributed by atoms with van der Waals surface area (Å²) in [6, 6.07) is 1.47. The normalized spacial score (nSPS) is 10.7. The van der Waals surface area contributed by atoms with Gasteiger partial charge in [0, 0.05) is 6.07 Å². The molecule has 46 valence electrons. The molecule has 4 nitrogen and oxygen atoms in total. The van der Waals surface area contributed by atoms with Gasteiger partial charge in [-0.05, 0) is 0 Å². The van der Waals surface area contributed by atoms with E-state index in [0.29, 0.717) is 11.2 Å². The van der Waals surface area contributed by atoms with Crippen LogP contribution in [0.3, 0.4) is 0 Å². The average molecular weight is 124 g/mol. The molecule has 0 unspecified atom stereocenters. The molecule has 0 saturated heterocycles. The first-order valence-electron chi connectivity index (χ1n) is 2.47. The van der Waals surface area contributed by atoms with E-state index < -0.39 is 0 Å². The molecular formula is C5H4N2O2. The molecule has 2 heterocycles. The standard InChI is InChI=1S/C5H4N2O2/c8-4-1-3-5(7-4)6-2-9-3/h1-2,7-8H. The third-order valence-corrected chi connectivity index (χ3v) is 1.11. The Morgan fingerprint density at radius 3 is 3.33 bits per heavy atom. The van der Waals surface area contributed by atoms with E-state index in [1.807, 2.05) is 0 Å². The van der Waals surface area contributed by atoms with E-state index in [9.17, 15) is 0 Å². The fraction of sp³-hybridized carbons (Fsp3) is 0. The number of hydrogen-bond donors (Lipinski definition) is 2. The van der Waals surface area contributed by atoms with Gasteiger partial charge in [-0.3, -0.25) is 0 Å². The Morgan fingerprint density at radius 2 is 2.56 bits per heavy atom. The zero-order valence-corrected chi connectivity index (χ0v) is 4.46. The predicted octanol–water partition coefficient (Wildman–Crippen LogP) is 0.861. The SMILES string of the molecule is Oc1cc2ocnc2[nH]1. The first-order chi connectivity index (χ1) is 4.36. The second kappa shape index (κ2) is 1.28. The summed E-state index contributed by atoms with van der Waals surface area (Å²) < 4.78 is 4.84. The van der Waals surface area contributed by atoms with E-state index in [1.54, 1.807) is 0 Å². The van der Waals surface area contributed by atoms with Crippen LogP contribution >= 0.6 is 0 Å². The second-order valence-electron chi connectivity index (χ2n) is 1.72. The molecule has 0 amide bonds. The largest absolute Gasteiger partial charge is 0.494 e. The molecule has 0 bridgehead atoms. The predicted molar refractivity (Wildman–Crippen MR) is 30.0 cm³/mol. The van der Waals surface area contributed by atoms with Crippen molar-refractivity contribution in [1.82, 2.24) is 9.97 Å². The molecule has 0 saturated carbocycles. The van der Waals surface area contributed by atoms with Gasteiger partial charge in [0.15, 0.2) is 23.5 Å². The lowest BCUT2D eigenvalue weighted by Crippen LogP contribution is -1.62. The summed E-state index contributed by atoms with van der Waals surface area (Å²) in [5, 5.41) is 8.79. The maximum atomic E-state index is 8.79. The minimum Gasteiger partial charge on any atom is -0.494 e. The van der Waals surface area contributed by atoms with E-state index >= 15 is 0 Å². The van der Waals surface area contributed by atoms with Crippen LogP contribution in [-0.4, -0.2) is 15.1 Å². The first kappa shape index (κ1) is 4.43. The van der Waals surface area contributed by atoms with Gasteiger partial charge in [0.2, 0.25) is 0 Å². The average Bonchev–Trinajstić information content (AvgIpc) is 2.22. The molecule has 2 N–H and O–H groups in total. The Bertz CT molecular complexity index is 294. The molecule has 2 rings (SSSR count). The molecule has 4 heteroatoms. The highest BCUT2D eigenvalue weighted by atomic mass is 16.3. The number of rotatable bonds is 0. The highest BCUT2D eigenvalue weighted by Gasteiger charge is 2.00. The number of oxazole rings is 1. The summed E-state index contributed by atoms with van der Waals surface area (Å²) >= 11 is 0. The van der Waals surface area contributed by atoms with Crippen LogP contribution in [0.2, 0.25) is 0 Å². The molecular weight excluding hydrogens is 120 g/mol. The number of fused-ring (bicyclic) bond motifs is 1. The van der Waals surface area contributed by atoms with Crippen molar-refractivity contribution in [3.05, 3.63) is 12.5 Å². The van der Waals surface area contributed by atoms with Gasteiger partial charge in [-0.15, -0.1) is 0 Å². The van der Waals surface area contributed by atoms with Crippen molar-refractivity contribution in [3.63, 3.8) is 0 Å². The minimum absolute atomic E-state index is 0.0804. The third-order valence-electron chi connectivity index (χ3n) is 1.11. The molecule has 0 aromatic carbocycles. The van der Waals surface area contributed by atoms with Gasteiger partial charge in [0.1, 0.15) is 0 Å². The molecule has 0 spiro atoms. The Balaban J connectivity index is 2.92. The fourth-order valence-corrected chi connectivity index (χ4v) is 0.733. The molecule has 2 aromatic rings. The van der Waals surface area contributed by atoms with Gasteiger partial charge in [0.25, 0.3) is 0 Å². The van der Waals surface area contributed by atoms with Crippen LogP contribution in [0.15, 0.2) is 16.9 Å². The van der Waals surface area contributed by atoms with Crippen molar-refractivity contribution >= 4 is 11.2 Å². The highest BCUT2D eigenvalue weighted by Crippen LogP contribution is 2.16. The molecule has 0 radical (unpaired) electrons. The number of aromatic amines is 1. The zero-order valence-electron chi connectivity index (χ0n) is 4.46. The monoisotopic (exact) mass is 124 g/mol. The molecule has 9 heavy (non-hydrogen) atoms. The van der Waals surface area contributed by atoms with Crippen molar-refractivity contribution in [2.45, 2.75) is 0 Å². The number of aromatic hydroxyl groups is 1. The van der Waals surface area contributed by atoms with Crippen LogP contribution in [0, 0.1) is 0 Å². The number of nitrogens with one attached hydrogen (secondary N) is 1. The topological polar surface area (TPSA) is 62.1 Å². The van der Waals surface area contributed by atoms with Crippen molar-refractivity contribution < 1.29 is 9.52 Å². The van der Waals surface area contributed by atoms with E-state index in [1.165, 1.54) is 12.5 Å². The third kappa shape index (κ3) is 0.495. The number of aromatic nitrogens is 2. The minimum atomic E-state index is 0.0804. The fourth-order valence-electron chi connectivity index (χ4n) is 0.733. The molecule has 0 fully saturated rings. The van der Waals surface area contributed by atoms with E-state index in [-0.39, 0.29) is 5.88 Å². The number of H-pyrrole nitrogens is 1. The van der Waals surface area contributed by atoms with Gasteiger partial charge in [-0.25, -0.2) is 0 Å². The summed E-state index contributed by atoms with van der Waals surface area (Å²) in [4.78, 5) is 6.35. The first-order valence-corrected chi connectivity index (χ1v) is 2.47. The lowest BCUT2D eigenvalue weighted by Gasteiger charge is -1.73. The van der Waals surface area contributed by atoms with Crippen molar-refractivity contribution in [2.75, 3.05) is 0 Å². The zero-order chi connectivity index (χ0) is 6.27. The van der Waals surface area contributed by atoms with E-state index in [0.717, 1.165) is 0 Å². The lowest BCUT2D eigenvalue weighted by atomic mass is 10.6. The molecule has 0 aliphatic rings. The summed E-state index contributed by atoms with van der Waals surface area (Å²) in [7, 11) is 0. The Labute approximate surface area is 50.1 Å². The number of hydrogen-bond acceptors (Lipinski definition) is 3. The van der Waals surface area contributed by atoms with Crippen LogP contribution in [0.25, 0.3) is 11.2 Å². The van der Waals surface area contributed by atoms with Gasteiger partial charge in [-0.2, -0.15) is 4.98 Å². The maximum absolute atomic E-state index is 8.79. The Kier molecular flexibility index (Phi) is 0.631. The van der Waals surface area contributed by atoms with Crippen molar-refractivity contribution in [1.29, 1.82) is 0 Å². The molecule has 0 aliphatic carbocycles. The van der Waals surface area contributed by atoms with Crippen molar-refractivity contribution in [3.8, 4) is 5.88 Å². The number of nitrogens with zero attached hydrogens (tertiary/aromatic N) is 1. The quantitative estimate of drug-likeness (QED) is 0.547. The van der Waals surface area contributed by atoms with E-state index in [2.05, 4.69) is 9.97 Å². The smallest absolute Gasteiger partial charge is 0.193 e. The maximum Gasteiger partial charge on any atom is 0.193 e. The molecule has 0 aliphatic heterocycles. The molecule has 0 atom stereocenters. The van der Waals surface area contributed by atoms with Crippen molar-refractivity contribution in [2.24, 2.45) is 0 Å². The summed E-state index contributed by atoms with van der Waals surface area (Å²) in [5.41, 5.74) is 1.15. The summed E-state index contributed by atoms with van der Waals surface area (Å²) in [6.45, 7) is 0. The summed E-state index contributed by atoms with van der Waals surface area (Å²) in [5.74, 6) is 0.0804. The Hall–Kier alpha value is -1.45. The summed E-state index contributed by atoms with van der Waals surface area (Å²) in [6.07, 6.45) is 1.32. The van der Waals surface area contributed by atoms with Gasteiger partial charge in [-0.1, -0.05) is 0 Å². The van der Waals surface area contributed by atoms with Crippen LogP contribution in [0.5, 0.6) is 5.88 Å². The lowest BCUT2D eigenvalue weighted by molar-refractivity contribution is 0.457. The van der Waals surface area contributed by atoms with Gasteiger partial charge in [0.05, 0.1) is 0 Å². The van der Waals surface area contributed by atoms with Gasteiger partial charge >= 0.3 is 0 Å². The van der Waals surface area contributed by atoms with Crippen LogP contribution < -0.4 is 0 Å². The van der Waals surface area contributed by atoms with Gasteiger partial charge < -0.3 is 14.5 Å². The molecule has 2 aromatic heterocycles. The van der Waals surface area contributed by atoms with Crippen LogP contribution in [0.4, 0.5) is 0 Å². The highest BCUT2D eigenvalue weighted by molar-refractivity contribution is 5.70. The van der Waals surface area contributed by atoms with Crippen LogP contribution in [0.1, 0.15) is 0 Å². The van der Waals surface area contributed by atoms with E-state index in [4.69, 9.17) is 9.52 Å². The van der Waals surface area contributed by atoms with Crippen LogP contribution in [-0.2, 0) is 0 Å².